The van der Waals surface area contributed by atoms with E-state index in [4.69, 9.17) is 9.47 Å². The van der Waals surface area contributed by atoms with Gasteiger partial charge in [-0.2, -0.15) is 0 Å². The highest BCUT2D eigenvalue weighted by Crippen LogP contribution is 2.33. The molecule has 4 rings (SSSR count). The summed E-state index contributed by atoms with van der Waals surface area (Å²) in [5, 5.41) is 3.35. The highest BCUT2D eigenvalue weighted by Gasteiger charge is 2.24. The lowest BCUT2D eigenvalue weighted by atomic mass is 10.2. The summed E-state index contributed by atoms with van der Waals surface area (Å²) in [4.78, 5) is 17.5. The Labute approximate surface area is 193 Å². The first-order valence-electron chi connectivity index (χ1n) is 9.51. The van der Waals surface area contributed by atoms with Crippen LogP contribution in [0, 0.1) is 0 Å². The van der Waals surface area contributed by atoms with E-state index < -0.39 is 0 Å². The topological polar surface area (TPSA) is 59.9 Å². The number of carbonyl (C=O) groups excluding carboxylic acids is 1. The quantitative estimate of drug-likeness (QED) is 0.431. The van der Waals surface area contributed by atoms with Gasteiger partial charge in [0.25, 0.3) is 5.91 Å². The first-order valence-corrected chi connectivity index (χ1v) is 11.1. The number of benzene rings is 3. The van der Waals surface area contributed by atoms with Crippen molar-refractivity contribution in [3.8, 4) is 11.5 Å². The van der Waals surface area contributed by atoms with Gasteiger partial charge in [-0.15, -0.1) is 0 Å². The van der Waals surface area contributed by atoms with Crippen molar-refractivity contribution in [2.45, 2.75) is 6.61 Å². The van der Waals surface area contributed by atoms with Crippen molar-refractivity contribution >= 4 is 50.5 Å². The molecule has 1 saturated heterocycles. The summed E-state index contributed by atoms with van der Waals surface area (Å²) in [6, 6.07) is 23.1. The summed E-state index contributed by atoms with van der Waals surface area (Å²) in [5.74, 6) is 1.07. The van der Waals surface area contributed by atoms with Crippen LogP contribution in [0.3, 0.4) is 0 Å². The minimum Gasteiger partial charge on any atom is -0.493 e. The number of hydrogen-bond donors (Lipinski definition) is 1. The van der Waals surface area contributed by atoms with E-state index >= 15 is 0 Å². The van der Waals surface area contributed by atoms with E-state index in [2.05, 4.69) is 26.2 Å². The van der Waals surface area contributed by atoms with E-state index in [0.717, 1.165) is 21.3 Å². The molecule has 3 aromatic rings. The van der Waals surface area contributed by atoms with Gasteiger partial charge in [-0.3, -0.25) is 4.79 Å². The van der Waals surface area contributed by atoms with Gasteiger partial charge in [-0.05, 0) is 69.2 Å². The first-order chi connectivity index (χ1) is 15.1. The number of nitrogens with one attached hydrogen (secondary N) is 1. The van der Waals surface area contributed by atoms with Gasteiger partial charge in [0.05, 0.1) is 17.7 Å². The van der Waals surface area contributed by atoms with Gasteiger partial charge in [0.1, 0.15) is 6.61 Å². The van der Waals surface area contributed by atoms with Crippen molar-refractivity contribution in [2.24, 2.45) is 4.99 Å². The molecule has 1 heterocycles. The van der Waals surface area contributed by atoms with Crippen LogP contribution in [-0.4, -0.2) is 18.2 Å². The molecule has 1 fully saturated rings. The van der Waals surface area contributed by atoms with Crippen LogP contribution in [0.4, 0.5) is 5.69 Å². The normalized spacial score (nSPS) is 15.9. The molecular formula is C24H19BrN2O3S. The summed E-state index contributed by atoms with van der Waals surface area (Å²) >= 11 is 4.77. The Morgan fingerprint density at radius 3 is 2.58 bits per heavy atom. The van der Waals surface area contributed by atoms with E-state index in [1.54, 1.807) is 7.11 Å². The molecule has 5 nitrogen and oxygen atoms in total. The van der Waals surface area contributed by atoms with E-state index in [9.17, 15) is 4.79 Å². The van der Waals surface area contributed by atoms with Gasteiger partial charge < -0.3 is 14.8 Å². The summed E-state index contributed by atoms with van der Waals surface area (Å²) in [5.41, 5.74) is 2.66. The Balaban J connectivity index is 1.54. The number of methoxy groups -OCH3 is 1. The number of amides is 1. The summed E-state index contributed by atoms with van der Waals surface area (Å²) in [6.07, 6.45) is 1.82. The smallest absolute Gasteiger partial charge is 0.264 e. The fraction of sp³-hybridized carbons (Fsp3) is 0.0833. The van der Waals surface area contributed by atoms with Crippen LogP contribution in [-0.2, 0) is 11.4 Å². The molecule has 0 aromatic heterocycles. The third kappa shape index (κ3) is 5.37. The minimum atomic E-state index is -0.182. The van der Waals surface area contributed by atoms with Crippen LogP contribution in [0.15, 0.2) is 87.2 Å². The number of carbonyl (C=O) groups is 1. The largest absolute Gasteiger partial charge is 0.493 e. The van der Waals surface area contributed by atoms with Gasteiger partial charge in [0, 0.05) is 4.47 Å². The molecule has 1 aliphatic heterocycles. The van der Waals surface area contributed by atoms with Crippen molar-refractivity contribution in [1.82, 2.24) is 5.32 Å². The number of amidine groups is 1. The van der Waals surface area contributed by atoms with Gasteiger partial charge in [-0.1, -0.05) is 48.5 Å². The Bertz CT molecular complexity index is 1160. The fourth-order valence-corrected chi connectivity index (χ4v) is 4.12. The molecular weight excluding hydrogens is 476 g/mol. The molecule has 0 bridgehead atoms. The Morgan fingerprint density at radius 2 is 1.81 bits per heavy atom. The van der Waals surface area contributed by atoms with Crippen LogP contribution < -0.4 is 14.8 Å². The zero-order valence-electron chi connectivity index (χ0n) is 16.7. The third-order valence-corrected chi connectivity index (χ3v) is 6.03. The molecule has 0 atom stereocenters. The molecule has 0 spiro atoms. The Hall–Kier alpha value is -3.03. The second kappa shape index (κ2) is 9.85. The molecule has 0 aliphatic carbocycles. The molecule has 31 heavy (non-hydrogen) atoms. The number of aliphatic imine (C=N–C) groups is 1. The molecule has 156 valence electrons. The number of para-hydroxylation sites is 1. The predicted octanol–water partition coefficient (Wildman–Crippen LogP) is 5.93. The lowest BCUT2D eigenvalue weighted by Gasteiger charge is -2.11. The Kier molecular flexibility index (Phi) is 6.74. The van der Waals surface area contributed by atoms with Crippen molar-refractivity contribution in [1.29, 1.82) is 0 Å². The molecule has 1 amide bonds. The molecule has 1 N–H and O–H groups in total. The van der Waals surface area contributed by atoms with Crippen LogP contribution in [0.1, 0.15) is 11.1 Å². The summed E-state index contributed by atoms with van der Waals surface area (Å²) in [7, 11) is 1.60. The number of nitrogens with zero attached hydrogens (tertiary/aromatic N) is 1. The molecule has 1 aliphatic rings. The van der Waals surface area contributed by atoms with Crippen molar-refractivity contribution in [3.05, 3.63) is 93.3 Å². The van der Waals surface area contributed by atoms with E-state index in [0.29, 0.717) is 28.2 Å². The van der Waals surface area contributed by atoms with Crippen LogP contribution in [0.25, 0.3) is 6.08 Å². The van der Waals surface area contributed by atoms with Crippen molar-refractivity contribution in [2.75, 3.05) is 7.11 Å². The lowest BCUT2D eigenvalue weighted by molar-refractivity contribution is -0.115. The SMILES string of the molecule is COc1ccc(/C=C2/SC(=Nc3ccccc3Br)NC2=O)cc1OCc1ccccc1. The molecule has 3 aromatic carbocycles. The van der Waals surface area contributed by atoms with Gasteiger partial charge >= 0.3 is 0 Å². The summed E-state index contributed by atoms with van der Waals surface area (Å²) < 4.78 is 12.3. The van der Waals surface area contributed by atoms with E-state index in [-0.39, 0.29) is 5.91 Å². The van der Waals surface area contributed by atoms with E-state index in [1.807, 2.05) is 78.9 Å². The maximum absolute atomic E-state index is 12.4. The third-order valence-electron chi connectivity index (χ3n) is 4.45. The molecule has 0 saturated carbocycles. The van der Waals surface area contributed by atoms with Crippen LogP contribution in [0.2, 0.25) is 0 Å². The average Bonchev–Trinajstić information content (AvgIpc) is 3.13. The number of hydrogen-bond acceptors (Lipinski definition) is 5. The van der Waals surface area contributed by atoms with Gasteiger partial charge in [-0.25, -0.2) is 4.99 Å². The maximum atomic E-state index is 12.4. The average molecular weight is 495 g/mol. The zero-order valence-corrected chi connectivity index (χ0v) is 19.1. The minimum absolute atomic E-state index is 0.182. The second-order valence-electron chi connectivity index (χ2n) is 6.62. The Morgan fingerprint density at radius 1 is 1.03 bits per heavy atom. The van der Waals surface area contributed by atoms with Gasteiger partial charge in [0.15, 0.2) is 16.7 Å². The number of thioether (sulfide) groups is 1. The summed E-state index contributed by atoms with van der Waals surface area (Å²) in [6.45, 7) is 0.426. The molecule has 7 heteroatoms. The lowest BCUT2D eigenvalue weighted by Crippen LogP contribution is -2.19. The molecule has 0 unspecified atom stereocenters. The highest BCUT2D eigenvalue weighted by molar-refractivity contribution is 9.10. The van der Waals surface area contributed by atoms with Gasteiger partial charge in [0.2, 0.25) is 0 Å². The maximum Gasteiger partial charge on any atom is 0.264 e. The van der Waals surface area contributed by atoms with Crippen LogP contribution in [0.5, 0.6) is 11.5 Å². The zero-order chi connectivity index (χ0) is 21.6. The number of ether oxygens (including phenoxy) is 2. The van der Waals surface area contributed by atoms with Crippen molar-refractivity contribution < 1.29 is 14.3 Å². The first kappa shape index (κ1) is 21.2. The van der Waals surface area contributed by atoms with E-state index in [1.165, 1.54) is 11.8 Å². The van der Waals surface area contributed by atoms with Crippen LogP contribution >= 0.6 is 27.7 Å². The standard InChI is InChI=1S/C24H19BrN2O3S/c1-29-20-12-11-17(13-21(20)30-15-16-7-3-2-4-8-16)14-22-23(28)27-24(31-22)26-19-10-6-5-9-18(19)25/h2-14H,15H2,1H3,(H,26,27,28)/b22-14+. The predicted molar refractivity (Wildman–Crippen MR) is 129 cm³/mol. The number of halogens is 1. The second-order valence-corrected chi connectivity index (χ2v) is 8.50. The van der Waals surface area contributed by atoms with Crippen molar-refractivity contribution in [3.63, 3.8) is 0 Å². The monoisotopic (exact) mass is 494 g/mol. The fourth-order valence-electron chi connectivity index (χ4n) is 2.91. The highest BCUT2D eigenvalue weighted by atomic mass is 79.9. The number of rotatable bonds is 6. The molecule has 0 radical (unpaired) electrons.